The largest absolute Gasteiger partial charge is 0.326 e. The van der Waals surface area contributed by atoms with Crippen LogP contribution in [0.2, 0.25) is 0 Å². The first-order valence-corrected chi connectivity index (χ1v) is 8.24. The topological polar surface area (TPSA) is 42.0 Å². The van der Waals surface area contributed by atoms with Crippen molar-refractivity contribution in [3.05, 3.63) is 72.1 Å². The molecule has 4 heteroatoms. The van der Waals surface area contributed by atoms with Crippen LogP contribution in [0, 0.1) is 6.92 Å². The number of anilines is 1. The fourth-order valence-corrected chi connectivity index (χ4v) is 2.83. The van der Waals surface area contributed by atoms with Crippen molar-refractivity contribution in [3.8, 4) is 11.1 Å². The molecule has 1 heterocycles. The smallest absolute Gasteiger partial charge is 0.228 e. The summed E-state index contributed by atoms with van der Waals surface area (Å²) in [6, 6.07) is 11.8. The van der Waals surface area contributed by atoms with Gasteiger partial charge in [0.2, 0.25) is 5.91 Å². The summed E-state index contributed by atoms with van der Waals surface area (Å²) >= 11 is 5.29. The van der Waals surface area contributed by atoms with Crippen molar-refractivity contribution in [2.45, 2.75) is 19.8 Å². The summed E-state index contributed by atoms with van der Waals surface area (Å²) in [4.78, 5) is 17.2. The van der Waals surface area contributed by atoms with Crippen LogP contribution in [-0.4, -0.2) is 15.8 Å². The Labute approximate surface area is 147 Å². The zero-order chi connectivity index (χ0) is 16.9. The number of thiocarbonyl (C=S) groups is 1. The monoisotopic (exact) mass is 334 g/mol. The Kier molecular flexibility index (Phi) is 4.96. The molecule has 0 radical (unpaired) electrons. The quantitative estimate of drug-likeness (QED) is 0.828. The Balaban J connectivity index is 1.66. The van der Waals surface area contributed by atoms with Gasteiger partial charge in [-0.05, 0) is 47.9 Å². The first-order valence-electron chi connectivity index (χ1n) is 7.84. The van der Waals surface area contributed by atoms with Gasteiger partial charge in [0.1, 0.15) is 0 Å². The molecule has 1 aliphatic rings. The molecule has 0 bridgehead atoms. The second-order valence-electron chi connectivity index (χ2n) is 5.74. The van der Waals surface area contributed by atoms with E-state index in [1.54, 1.807) is 6.20 Å². The average Bonchev–Trinajstić information content (AvgIpc) is 2.58. The van der Waals surface area contributed by atoms with Crippen molar-refractivity contribution in [2.24, 2.45) is 0 Å². The van der Waals surface area contributed by atoms with Gasteiger partial charge in [-0.15, -0.1) is 0 Å². The number of aryl methyl sites for hydroxylation is 1. The summed E-state index contributed by atoms with van der Waals surface area (Å²) in [7, 11) is 0. The van der Waals surface area contributed by atoms with Gasteiger partial charge in [0.05, 0.1) is 6.42 Å². The van der Waals surface area contributed by atoms with Gasteiger partial charge in [-0.1, -0.05) is 42.6 Å². The number of carbonyl (C=O) groups is 1. The summed E-state index contributed by atoms with van der Waals surface area (Å²) in [5.41, 5.74) is 4.90. The van der Waals surface area contributed by atoms with E-state index in [0.717, 1.165) is 39.4 Å². The lowest BCUT2D eigenvalue weighted by Crippen LogP contribution is -2.15. The minimum atomic E-state index is -0.0496. The fourth-order valence-electron chi connectivity index (χ4n) is 2.59. The molecule has 1 aliphatic carbocycles. The zero-order valence-corrected chi connectivity index (χ0v) is 14.3. The molecule has 0 fully saturated rings. The van der Waals surface area contributed by atoms with Gasteiger partial charge >= 0.3 is 0 Å². The number of carbonyl (C=O) groups excluding carboxylic acids is 1. The Morgan fingerprint density at radius 2 is 2.00 bits per heavy atom. The van der Waals surface area contributed by atoms with E-state index in [1.807, 2.05) is 61.5 Å². The van der Waals surface area contributed by atoms with Crippen LogP contribution in [0.25, 0.3) is 11.1 Å². The van der Waals surface area contributed by atoms with Gasteiger partial charge in [-0.3, -0.25) is 9.78 Å². The van der Waals surface area contributed by atoms with Crippen molar-refractivity contribution in [1.29, 1.82) is 0 Å². The Morgan fingerprint density at radius 1 is 1.21 bits per heavy atom. The van der Waals surface area contributed by atoms with E-state index in [4.69, 9.17) is 12.2 Å². The minimum Gasteiger partial charge on any atom is -0.326 e. The van der Waals surface area contributed by atoms with Crippen molar-refractivity contribution < 1.29 is 4.79 Å². The Bertz CT molecular complexity index is 835. The number of nitrogens with zero attached hydrogens (tertiary/aromatic N) is 1. The third-order valence-electron chi connectivity index (χ3n) is 3.84. The molecule has 1 amide bonds. The molecule has 1 aromatic carbocycles. The second-order valence-corrected chi connectivity index (χ2v) is 6.23. The van der Waals surface area contributed by atoms with Crippen molar-refractivity contribution in [2.75, 3.05) is 5.32 Å². The molecule has 3 nitrogen and oxygen atoms in total. The standard InChI is InChI=1S/C20H18N2OS/c1-14-12-16(10-11-21-14)15-6-8-18(9-7-15)22-20(23)13-17-4-2-3-5-19(17)24/h2-4,6-12H,5,13H2,1H3,(H,22,23). The molecule has 0 saturated heterocycles. The third kappa shape index (κ3) is 4.03. The first kappa shape index (κ1) is 16.3. The maximum Gasteiger partial charge on any atom is 0.228 e. The SMILES string of the molecule is Cc1cc(-c2ccc(NC(=O)CC3=CC=CCC3=S)cc2)ccn1. The van der Waals surface area contributed by atoms with E-state index in [9.17, 15) is 4.79 Å². The number of rotatable bonds is 4. The number of pyridine rings is 1. The number of hydrogen-bond acceptors (Lipinski definition) is 3. The molecule has 1 N–H and O–H groups in total. The molecule has 3 rings (SSSR count). The Hall–Kier alpha value is -2.59. The van der Waals surface area contributed by atoms with Crippen molar-refractivity contribution >= 4 is 28.7 Å². The van der Waals surface area contributed by atoms with Crippen molar-refractivity contribution in [1.82, 2.24) is 4.98 Å². The summed E-state index contributed by atoms with van der Waals surface area (Å²) in [5.74, 6) is -0.0496. The lowest BCUT2D eigenvalue weighted by molar-refractivity contribution is -0.115. The van der Waals surface area contributed by atoms with Gasteiger partial charge in [0.15, 0.2) is 0 Å². The predicted octanol–water partition coefficient (Wildman–Crippen LogP) is 4.64. The van der Waals surface area contributed by atoms with E-state index >= 15 is 0 Å². The van der Waals surface area contributed by atoms with Crippen LogP contribution >= 0.6 is 12.2 Å². The molecule has 2 aromatic rings. The van der Waals surface area contributed by atoms with Crippen LogP contribution in [0.1, 0.15) is 18.5 Å². The summed E-state index contributed by atoms with van der Waals surface area (Å²) < 4.78 is 0. The highest BCUT2D eigenvalue weighted by atomic mass is 32.1. The van der Waals surface area contributed by atoms with Crippen molar-refractivity contribution in [3.63, 3.8) is 0 Å². The molecule has 0 saturated carbocycles. The Morgan fingerprint density at radius 3 is 2.71 bits per heavy atom. The summed E-state index contributed by atoms with van der Waals surface area (Å²) in [6.45, 7) is 1.97. The minimum absolute atomic E-state index is 0.0496. The number of allylic oxidation sites excluding steroid dienone is 3. The zero-order valence-electron chi connectivity index (χ0n) is 13.5. The lowest BCUT2D eigenvalue weighted by Gasteiger charge is -2.11. The highest BCUT2D eigenvalue weighted by molar-refractivity contribution is 7.80. The van der Waals surface area contributed by atoms with Gasteiger partial charge in [-0.2, -0.15) is 0 Å². The first-order chi connectivity index (χ1) is 11.6. The van der Waals surface area contributed by atoms with Gasteiger partial charge in [-0.25, -0.2) is 0 Å². The predicted molar refractivity (Wildman–Crippen MR) is 102 cm³/mol. The highest BCUT2D eigenvalue weighted by Gasteiger charge is 2.11. The van der Waals surface area contributed by atoms with Gasteiger partial charge < -0.3 is 5.32 Å². The molecule has 24 heavy (non-hydrogen) atoms. The molecule has 120 valence electrons. The average molecular weight is 334 g/mol. The lowest BCUT2D eigenvalue weighted by atomic mass is 10.0. The number of hydrogen-bond donors (Lipinski definition) is 1. The van der Waals surface area contributed by atoms with Crippen LogP contribution < -0.4 is 5.32 Å². The van der Waals surface area contributed by atoms with E-state index < -0.39 is 0 Å². The van der Waals surface area contributed by atoms with Gasteiger partial charge in [0, 0.05) is 28.9 Å². The molecule has 0 aliphatic heterocycles. The molecule has 0 unspecified atom stereocenters. The molecular formula is C20H18N2OS. The number of benzene rings is 1. The van der Waals surface area contributed by atoms with Crippen LogP contribution in [0.15, 0.2) is 66.4 Å². The maximum atomic E-state index is 12.2. The summed E-state index contributed by atoms with van der Waals surface area (Å²) in [6.07, 6.45) is 8.73. The molecule has 1 aromatic heterocycles. The molecule has 0 atom stereocenters. The number of aromatic nitrogens is 1. The normalized spacial score (nSPS) is 13.5. The third-order valence-corrected chi connectivity index (χ3v) is 4.27. The van der Waals surface area contributed by atoms with E-state index in [2.05, 4.69) is 10.3 Å². The fraction of sp³-hybridized carbons (Fsp3) is 0.150. The highest BCUT2D eigenvalue weighted by Crippen LogP contribution is 2.22. The molecular weight excluding hydrogens is 316 g/mol. The summed E-state index contributed by atoms with van der Waals surface area (Å²) in [5, 5.41) is 2.92. The molecule has 0 spiro atoms. The van der Waals surface area contributed by atoms with Crippen LogP contribution in [0.5, 0.6) is 0 Å². The van der Waals surface area contributed by atoms with E-state index in [1.165, 1.54) is 0 Å². The maximum absolute atomic E-state index is 12.2. The second kappa shape index (κ2) is 7.32. The van der Waals surface area contributed by atoms with E-state index in [-0.39, 0.29) is 5.91 Å². The van der Waals surface area contributed by atoms with E-state index in [0.29, 0.717) is 6.42 Å². The van der Waals surface area contributed by atoms with Crippen LogP contribution in [-0.2, 0) is 4.79 Å². The number of nitrogens with one attached hydrogen (secondary N) is 1. The number of amides is 1. The van der Waals surface area contributed by atoms with Crippen LogP contribution in [0.3, 0.4) is 0 Å². The van der Waals surface area contributed by atoms with Crippen LogP contribution in [0.4, 0.5) is 5.69 Å². The van der Waals surface area contributed by atoms with Gasteiger partial charge in [0.25, 0.3) is 0 Å².